The lowest BCUT2D eigenvalue weighted by Gasteiger charge is -2.24. The first-order valence-electron chi connectivity index (χ1n) is 8.14. The number of rotatable bonds is 7. The summed E-state index contributed by atoms with van der Waals surface area (Å²) in [6, 6.07) is 12.5. The molecule has 0 heterocycles. The van der Waals surface area contributed by atoms with Crippen molar-refractivity contribution in [2.45, 2.75) is 25.5 Å². The highest BCUT2D eigenvalue weighted by molar-refractivity contribution is 7.80. The van der Waals surface area contributed by atoms with E-state index < -0.39 is 17.1 Å². The van der Waals surface area contributed by atoms with Gasteiger partial charge in [-0.2, -0.15) is 0 Å². The molecule has 2 aromatic carbocycles. The van der Waals surface area contributed by atoms with Crippen molar-refractivity contribution >= 4 is 28.7 Å². The zero-order valence-corrected chi connectivity index (χ0v) is 15.1. The van der Waals surface area contributed by atoms with Crippen molar-refractivity contribution in [3.8, 4) is 0 Å². The summed E-state index contributed by atoms with van der Waals surface area (Å²) in [5.74, 6) is 0. The fraction of sp³-hybridized carbons (Fsp3) is 0.278. The SMILES string of the molecule is CCc1ccc(NC(=S)NC(CO)C(O)c2ccc([N+](=O)[O-])cc2)cc1. The molecule has 0 spiro atoms. The Labute approximate surface area is 156 Å². The van der Waals surface area contributed by atoms with Gasteiger partial charge in [-0.25, -0.2) is 0 Å². The number of aliphatic hydroxyl groups is 2. The topological polar surface area (TPSA) is 108 Å². The molecule has 0 fully saturated rings. The molecule has 4 N–H and O–H groups in total. The molecule has 2 aromatic rings. The lowest BCUT2D eigenvalue weighted by atomic mass is 10.0. The number of nitro benzene ring substituents is 1. The second-order valence-electron chi connectivity index (χ2n) is 5.73. The maximum absolute atomic E-state index is 10.7. The van der Waals surface area contributed by atoms with E-state index in [9.17, 15) is 20.3 Å². The normalized spacial score (nSPS) is 12.9. The lowest BCUT2D eigenvalue weighted by molar-refractivity contribution is -0.384. The van der Waals surface area contributed by atoms with E-state index in [0.717, 1.165) is 12.1 Å². The van der Waals surface area contributed by atoms with Gasteiger partial charge in [-0.3, -0.25) is 10.1 Å². The minimum Gasteiger partial charge on any atom is -0.394 e. The van der Waals surface area contributed by atoms with Crippen molar-refractivity contribution in [1.82, 2.24) is 5.32 Å². The van der Waals surface area contributed by atoms with Gasteiger partial charge in [0.25, 0.3) is 5.69 Å². The van der Waals surface area contributed by atoms with Crippen LogP contribution in [0.3, 0.4) is 0 Å². The minimum absolute atomic E-state index is 0.0674. The molecule has 26 heavy (non-hydrogen) atoms. The second-order valence-corrected chi connectivity index (χ2v) is 6.14. The first-order chi connectivity index (χ1) is 12.4. The zero-order chi connectivity index (χ0) is 19.1. The van der Waals surface area contributed by atoms with E-state index in [0.29, 0.717) is 5.56 Å². The number of hydrogen-bond acceptors (Lipinski definition) is 5. The molecule has 2 atom stereocenters. The number of non-ortho nitro benzene ring substituents is 1. The Hall–Kier alpha value is -2.55. The number of benzene rings is 2. The third-order valence-electron chi connectivity index (χ3n) is 3.96. The highest BCUT2D eigenvalue weighted by Crippen LogP contribution is 2.20. The van der Waals surface area contributed by atoms with Crippen LogP contribution < -0.4 is 10.6 Å². The van der Waals surface area contributed by atoms with Gasteiger partial charge in [0.1, 0.15) is 6.10 Å². The van der Waals surface area contributed by atoms with Gasteiger partial charge < -0.3 is 20.8 Å². The van der Waals surface area contributed by atoms with Crippen LogP contribution in [-0.2, 0) is 6.42 Å². The van der Waals surface area contributed by atoms with Crippen LogP contribution in [0.5, 0.6) is 0 Å². The van der Waals surface area contributed by atoms with E-state index in [1.807, 2.05) is 24.3 Å². The average Bonchev–Trinajstić information content (AvgIpc) is 2.66. The molecule has 0 aliphatic heterocycles. The standard InChI is InChI=1S/C18H21N3O4S/c1-2-12-3-7-14(8-4-12)19-18(26)20-16(11-22)17(23)13-5-9-15(10-6-13)21(24)25/h3-10,16-17,22-23H,2,11H2,1H3,(H2,19,20,26). The number of aliphatic hydroxyl groups excluding tert-OH is 2. The van der Waals surface area contributed by atoms with Crippen LogP contribution in [0, 0.1) is 10.1 Å². The minimum atomic E-state index is -1.08. The van der Waals surface area contributed by atoms with Crippen LogP contribution in [0.2, 0.25) is 0 Å². The van der Waals surface area contributed by atoms with Crippen LogP contribution in [0.15, 0.2) is 48.5 Å². The number of aryl methyl sites for hydroxylation is 1. The number of nitro groups is 1. The molecule has 0 saturated heterocycles. The van der Waals surface area contributed by atoms with E-state index >= 15 is 0 Å². The average molecular weight is 375 g/mol. The maximum Gasteiger partial charge on any atom is 0.269 e. The van der Waals surface area contributed by atoms with Gasteiger partial charge in [-0.05, 0) is 54.0 Å². The van der Waals surface area contributed by atoms with Gasteiger partial charge in [-0.15, -0.1) is 0 Å². The van der Waals surface area contributed by atoms with Gasteiger partial charge in [0, 0.05) is 17.8 Å². The highest BCUT2D eigenvalue weighted by Gasteiger charge is 2.21. The summed E-state index contributed by atoms with van der Waals surface area (Å²) in [6.45, 7) is 1.70. The monoisotopic (exact) mass is 375 g/mol. The van der Waals surface area contributed by atoms with Crippen molar-refractivity contribution in [2.75, 3.05) is 11.9 Å². The summed E-state index contributed by atoms with van der Waals surface area (Å²) < 4.78 is 0. The summed E-state index contributed by atoms with van der Waals surface area (Å²) in [5, 5.41) is 36.8. The fourth-order valence-corrected chi connectivity index (χ4v) is 2.68. The van der Waals surface area contributed by atoms with E-state index in [1.54, 1.807) is 0 Å². The van der Waals surface area contributed by atoms with Gasteiger partial charge in [0.15, 0.2) is 5.11 Å². The number of nitrogens with zero attached hydrogens (tertiary/aromatic N) is 1. The molecule has 0 saturated carbocycles. The van der Waals surface area contributed by atoms with Crippen molar-refractivity contribution in [3.63, 3.8) is 0 Å². The molecule has 0 aliphatic carbocycles. The Morgan fingerprint density at radius 2 is 1.81 bits per heavy atom. The molecular formula is C18H21N3O4S. The smallest absolute Gasteiger partial charge is 0.269 e. The Morgan fingerprint density at radius 1 is 1.19 bits per heavy atom. The number of nitrogens with one attached hydrogen (secondary N) is 2. The van der Waals surface area contributed by atoms with Crippen LogP contribution in [-0.4, -0.2) is 32.9 Å². The third kappa shape index (κ3) is 5.22. The third-order valence-corrected chi connectivity index (χ3v) is 4.18. The molecule has 2 rings (SSSR count). The van der Waals surface area contributed by atoms with Crippen molar-refractivity contribution in [2.24, 2.45) is 0 Å². The lowest BCUT2D eigenvalue weighted by Crippen LogP contribution is -2.43. The first kappa shape index (κ1) is 19.8. The number of anilines is 1. The molecule has 0 aromatic heterocycles. The summed E-state index contributed by atoms with van der Waals surface area (Å²) in [4.78, 5) is 10.2. The van der Waals surface area contributed by atoms with Crippen LogP contribution >= 0.6 is 12.2 Å². The molecule has 2 unspecified atom stereocenters. The Kier molecular flexibility index (Phi) is 7.02. The van der Waals surface area contributed by atoms with Gasteiger partial charge in [-0.1, -0.05) is 19.1 Å². The van der Waals surface area contributed by atoms with Crippen LogP contribution in [0.1, 0.15) is 24.2 Å². The van der Waals surface area contributed by atoms with Gasteiger partial charge in [0.2, 0.25) is 0 Å². The Bertz CT molecular complexity index is 750. The molecule has 7 nitrogen and oxygen atoms in total. The Balaban J connectivity index is 1.99. The van der Waals surface area contributed by atoms with Crippen LogP contribution in [0.25, 0.3) is 0 Å². The number of thiocarbonyl (C=S) groups is 1. The quantitative estimate of drug-likeness (QED) is 0.335. The molecule has 0 bridgehead atoms. The molecule has 0 aliphatic rings. The molecule has 0 radical (unpaired) electrons. The summed E-state index contributed by atoms with van der Waals surface area (Å²) in [5.41, 5.74) is 2.37. The highest BCUT2D eigenvalue weighted by atomic mass is 32.1. The fourth-order valence-electron chi connectivity index (χ4n) is 2.41. The zero-order valence-electron chi connectivity index (χ0n) is 14.3. The summed E-state index contributed by atoms with van der Waals surface area (Å²) in [6.07, 6.45) is -0.139. The van der Waals surface area contributed by atoms with Gasteiger partial charge in [0.05, 0.1) is 17.6 Å². The van der Waals surface area contributed by atoms with E-state index in [-0.39, 0.29) is 17.4 Å². The Morgan fingerprint density at radius 3 is 2.31 bits per heavy atom. The predicted molar refractivity (Wildman–Crippen MR) is 104 cm³/mol. The van der Waals surface area contributed by atoms with E-state index in [2.05, 4.69) is 17.6 Å². The molecule has 0 amide bonds. The van der Waals surface area contributed by atoms with Gasteiger partial charge >= 0.3 is 0 Å². The van der Waals surface area contributed by atoms with Crippen molar-refractivity contribution in [1.29, 1.82) is 0 Å². The second kappa shape index (κ2) is 9.23. The maximum atomic E-state index is 10.7. The summed E-state index contributed by atoms with van der Waals surface area (Å²) in [7, 11) is 0. The molecule has 8 heteroatoms. The van der Waals surface area contributed by atoms with E-state index in [4.69, 9.17) is 12.2 Å². The van der Waals surface area contributed by atoms with Crippen molar-refractivity contribution in [3.05, 3.63) is 69.8 Å². The predicted octanol–water partition coefficient (Wildman–Crippen LogP) is 2.54. The molecule has 138 valence electrons. The molecular weight excluding hydrogens is 354 g/mol. The van der Waals surface area contributed by atoms with Crippen molar-refractivity contribution < 1.29 is 15.1 Å². The van der Waals surface area contributed by atoms with E-state index in [1.165, 1.54) is 29.8 Å². The van der Waals surface area contributed by atoms with Crippen LogP contribution in [0.4, 0.5) is 11.4 Å². The number of hydrogen-bond donors (Lipinski definition) is 4. The largest absolute Gasteiger partial charge is 0.394 e. The first-order valence-corrected chi connectivity index (χ1v) is 8.55. The summed E-state index contributed by atoms with van der Waals surface area (Å²) >= 11 is 5.23.